The van der Waals surface area contributed by atoms with Gasteiger partial charge in [-0.3, -0.25) is 19.6 Å². The highest BCUT2D eigenvalue weighted by atomic mass is 35.5. The van der Waals surface area contributed by atoms with Gasteiger partial charge in [0.05, 0.1) is 22.3 Å². The average molecular weight is 385 g/mol. The lowest BCUT2D eigenvalue weighted by Gasteiger charge is -2.33. The van der Waals surface area contributed by atoms with Crippen molar-refractivity contribution in [1.29, 1.82) is 0 Å². The number of anilines is 1. The molecule has 1 unspecified atom stereocenters. The van der Waals surface area contributed by atoms with Crippen LogP contribution in [-0.2, 0) is 9.59 Å². The molecule has 0 aliphatic carbocycles. The van der Waals surface area contributed by atoms with Crippen molar-refractivity contribution in [3.8, 4) is 0 Å². The third-order valence-electron chi connectivity index (χ3n) is 5.43. The smallest absolute Gasteiger partial charge is 0.228 e. The number of hydrogen-bond donors (Lipinski definition) is 0. The van der Waals surface area contributed by atoms with Gasteiger partial charge >= 0.3 is 0 Å². The van der Waals surface area contributed by atoms with E-state index in [-0.39, 0.29) is 24.2 Å². The van der Waals surface area contributed by atoms with Gasteiger partial charge in [0.2, 0.25) is 11.8 Å². The first-order chi connectivity index (χ1) is 13.1. The molecular formula is C20H21ClN4O2. The minimum atomic E-state index is -0.304. The third kappa shape index (κ3) is 3.67. The van der Waals surface area contributed by atoms with Crippen molar-refractivity contribution in [3.63, 3.8) is 0 Å². The normalized spacial score (nSPS) is 20.9. The van der Waals surface area contributed by atoms with Crippen molar-refractivity contribution in [2.45, 2.75) is 25.2 Å². The number of carbonyl (C=O) groups is 2. The molecule has 0 N–H and O–H groups in total. The summed E-state index contributed by atoms with van der Waals surface area (Å²) in [6.45, 7) is 1.78. The number of piperidine rings is 1. The van der Waals surface area contributed by atoms with Gasteiger partial charge in [-0.15, -0.1) is 0 Å². The van der Waals surface area contributed by atoms with E-state index in [1.807, 2.05) is 23.1 Å². The molecule has 3 heterocycles. The van der Waals surface area contributed by atoms with Gasteiger partial charge in [0.15, 0.2) is 0 Å². The molecule has 0 bridgehead atoms. The lowest BCUT2D eigenvalue weighted by molar-refractivity contribution is -0.136. The third-order valence-corrected chi connectivity index (χ3v) is 5.75. The Morgan fingerprint density at radius 2 is 1.93 bits per heavy atom. The van der Waals surface area contributed by atoms with E-state index in [1.165, 1.54) is 0 Å². The van der Waals surface area contributed by atoms with Gasteiger partial charge in [-0.1, -0.05) is 23.7 Å². The van der Waals surface area contributed by atoms with Gasteiger partial charge in [-0.2, -0.15) is 0 Å². The fourth-order valence-corrected chi connectivity index (χ4v) is 4.19. The van der Waals surface area contributed by atoms with Crippen molar-refractivity contribution in [2.75, 3.05) is 24.5 Å². The summed E-state index contributed by atoms with van der Waals surface area (Å²) in [5.41, 5.74) is 1.67. The maximum atomic E-state index is 12.9. The molecule has 6 nitrogen and oxygen atoms in total. The highest BCUT2D eigenvalue weighted by Crippen LogP contribution is 2.33. The van der Waals surface area contributed by atoms with E-state index >= 15 is 0 Å². The molecule has 140 valence electrons. The molecule has 0 spiro atoms. The zero-order chi connectivity index (χ0) is 18.8. The van der Waals surface area contributed by atoms with E-state index in [9.17, 15) is 9.59 Å². The minimum Gasteiger partial charge on any atom is -0.342 e. The Labute approximate surface area is 163 Å². The zero-order valence-electron chi connectivity index (χ0n) is 14.9. The second kappa shape index (κ2) is 7.64. The van der Waals surface area contributed by atoms with Crippen LogP contribution in [0.15, 0.2) is 42.9 Å². The monoisotopic (exact) mass is 384 g/mol. The number of nitrogens with zero attached hydrogens (tertiary/aromatic N) is 4. The van der Waals surface area contributed by atoms with Gasteiger partial charge in [0.1, 0.15) is 0 Å². The molecule has 2 fully saturated rings. The minimum absolute atomic E-state index is 0.0455. The highest BCUT2D eigenvalue weighted by molar-refractivity contribution is 6.33. The molecule has 2 amide bonds. The molecule has 27 heavy (non-hydrogen) atoms. The number of hydrogen-bond acceptors (Lipinski definition) is 4. The van der Waals surface area contributed by atoms with Crippen LogP contribution >= 0.6 is 11.6 Å². The van der Waals surface area contributed by atoms with Crippen molar-refractivity contribution < 1.29 is 9.59 Å². The quantitative estimate of drug-likeness (QED) is 0.816. The number of amides is 2. The summed E-state index contributed by atoms with van der Waals surface area (Å²) in [6, 6.07) is 7.26. The van der Waals surface area contributed by atoms with Crippen LogP contribution in [0.5, 0.6) is 0 Å². The predicted octanol–water partition coefficient (Wildman–Crippen LogP) is 2.89. The molecule has 4 rings (SSSR count). The summed E-state index contributed by atoms with van der Waals surface area (Å²) in [5.74, 6) is 0.0563. The molecule has 2 aliphatic heterocycles. The molecule has 2 aromatic rings. The number of halogens is 1. The number of carbonyl (C=O) groups excluding carboxylic acids is 2. The Hall–Kier alpha value is -2.47. The summed E-state index contributed by atoms with van der Waals surface area (Å²) in [7, 11) is 0. The predicted molar refractivity (Wildman–Crippen MR) is 102 cm³/mol. The number of benzene rings is 1. The summed E-state index contributed by atoms with van der Waals surface area (Å²) >= 11 is 6.22. The second-order valence-electron chi connectivity index (χ2n) is 7.09. The molecule has 0 radical (unpaired) electrons. The van der Waals surface area contributed by atoms with E-state index in [2.05, 4.69) is 9.97 Å². The van der Waals surface area contributed by atoms with Crippen molar-refractivity contribution in [3.05, 3.63) is 53.6 Å². The molecular weight excluding hydrogens is 364 g/mol. The Morgan fingerprint density at radius 1 is 1.15 bits per heavy atom. The lowest BCUT2D eigenvalue weighted by Crippen LogP contribution is -2.42. The maximum absolute atomic E-state index is 12.9. The maximum Gasteiger partial charge on any atom is 0.228 e. The first-order valence-corrected chi connectivity index (χ1v) is 9.61. The Bertz CT molecular complexity index is 837. The first-order valence-electron chi connectivity index (χ1n) is 9.23. The van der Waals surface area contributed by atoms with E-state index in [1.54, 1.807) is 29.6 Å². The van der Waals surface area contributed by atoms with Gasteiger partial charge in [-0.05, 0) is 25.0 Å². The van der Waals surface area contributed by atoms with Gasteiger partial charge in [0.25, 0.3) is 0 Å². The topological polar surface area (TPSA) is 66.4 Å². The van der Waals surface area contributed by atoms with Crippen LogP contribution in [0.2, 0.25) is 5.02 Å². The van der Waals surface area contributed by atoms with E-state index < -0.39 is 0 Å². The molecule has 2 aliphatic rings. The second-order valence-corrected chi connectivity index (χ2v) is 7.49. The zero-order valence-corrected chi connectivity index (χ0v) is 15.7. The van der Waals surface area contributed by atoms with Crippen molar-refractivity contribution in [2.24, 2.45) is 5.92 Å². The molecule has 1 aromatic heterocycles. The van der Waals surface area contributed by atoms with Crippen LogP contribution in [0.4, 0.5) is 5.69 Å². The first kappa shape index (κ1) is 17.9. The number of likely N-dealkylation sites (tertiary alicyclic amines) is 1. The van der Waals surface area contributed by atoms with Crippen LogP contribution in [0.25, 0.3) is 0 Å². The SMILES string of the molecule is O=C(C1CC(=O)N(c2ccccc2Cl)C1)N1CCC(c2cnccn2)CC1. The van der Waals surface area contributed by atoms with Crippen LogP contribution in [0, 0.1) is 5.92 Å². The van der Waals surface area contributed by atoms with Gasteiger partial charge in [-0.25, -0.2) is 0 Å². The van der Waals surface area contributed by atoms with Crippen LogP contribution in [0.1, 0.15) is 30.9 Å². The van der Waals surface area contributed by atoms with Crippen molar-refractivity contribution in [1.82, 2.24) is 14.9 Å². The van der Waals surface area contributed by atoms with E-state index in [4.69, 9.17) is 11.6 Å². The Morgan fingerprint density at radius 3 is 2.63 bits per heavy atom. The Balaban J connectivity index is 1.38. The lowest BCUT2D eigenvalue weighted by atomic mass is 9.93. The molecule has 1 atom stereocenters. The number of rotatable bonds is 3. The van der Waals surface area contributed by atoms with E-state index in [0.717, 1.165) is 18.5 Å². The van der Waals surface area contributed by atoms with E-state index in [0.29, 0.717) is 36.3 Å². The average Bonchev–Trinajstić information content (AvgIpc) is 3.10. The van der Waals surface area contributed by atoms with Gasteiger partial charge in [0, 0.05) is 50.6 Å². The van der Waals surface area contributed by atoms with Crippen LogP contribution in [0.3, 0.4) is 0 Å². The highest BCUT2D eigenvalue weighted by Gasteiger charge is 2.38. The summed E-state index contributed by atoms with van der Waals surface area (Å²) in [6.07, 6.45) is 7.18. The van der Waals surface area contributed by atoms with Crippen molar-refractivity contribution >= 4 is 29.1 Å². The van der Waals surface area contributed by atoms with Crippen LogP contribution in [-0.4, -0.2) is 46.3 Å². The number of aromatic nitrogens is 2. The molecule has 2 saturated heterocycles. The Kier molecular flexibility index (Phi) is 5.07. The summed E-state index contributed by atoms with van der Waals surface area (Å²) in [4.78, 5) is 37.4. The van der Waals surface area contributed by atoms with Gasteiger partial charge < -0.3 is 9.80 Å². The number of para-hydroxylation sites is 1. The standard InChI is InChI=1S/C20H21ClN4O2/c21-16-3-1-2-4-18(16)25-13-15(11-19(25)26)20(27)24-9-5-14(6-10-24)17-12-22-7-8-23-17/h1-4,7-8,12,14-15H,5-6,9-11,13H2. The summed E-state index contributed by atoms with van der Waals surface area (Å²) < 4.78 is 0. The molecule has 1 aromatic carbocycles. The van der Waals surface area contributed by atoms with Crippen LogP contribution < -0.4 is 4.90 Å². The largest absolute Gasteiger partial charge is 0.342 e. The fraction of sp³-hybridized carbons (Fsp3) is 0.400. The molecule has 7 heteroatoms. The fourth-order valence-electron chi connectivity index (χ4n) is 3.95. The summed E-state index contributed by atoms with van der Waals surface area (Å²) in [5, 5.41) is 0.531. The molecule has 0 saturated carbocycles.